The average Bonchev–Trinajstić information content (AvgIpc) is 2.46. The van der Waals surface area contributed by atoms with Gasteiger partial charge in [0.05, 0.1) is 0 Å². The quantitative estimate of drug-likeness (QED) is 0.891. The zero-order chi connectivity index (χ0) is 14.2. The van der Waals surface area contributed by atoms with Gasteiger partial charge in [-0.1, -0.05) is 44.2 Å². The molecule has 4 heteroatoms. The van der Waals surface area contributed by atoms with Gasteiger partial charge in [0.15, 0.2) is 0 Å². The molecule has 0 heterocycles. The van der Waals surface area contributed by atoms with Crippen LogP contribution in [0.3, 0.4) is 0 Å². The molecule has 1 saturated carbocycles. The molecule has 0 aliphatic heterocycles. The van der Waals surface area contributed by atoms with Gasteiger partial charge in [-0.3, -0.25) is 4.79 Å². The van der Waals surface area contributed by atoms with Crippen LogP contribution in [0, 0.1) is 5.92 Å². The third-order valence-corrected chi connectivity index (χ3v) is 4.23. The molecule has 0 spiro atoms. The molecule has 1 aliphatic carbocycles. The molecule has 21 heavy (non-hydrogen) atoms. The standard InChI is InChI=1S/C17H26N2O.ClH/c18-12-14-8-10-16(11-9-14)17(20)19-13-15-6-4-2-1-3-5-7-15;/h8-11,15H,1-7,12-13,18H2,(H,19,20);1H. The highest BCUT2D eigenvalue weighted by Crippen LogP contribution is 2.21. The smallest absolute Gasteiger partial charge is 0.251 e. The number of nitrogens with one attached hydrogen (secondary N) is 1. The molecule has 0 radical (unpaired) electrons. The van der Waals surface area contributed by atoms with Crippen molar-refractivity contribution in [2.24, 2.45) is 11.7 Å². The molecule has 1 fully saturated rings. The first kappa shape index (κ1) is 18.0. The van der Waals surface area contributed by atoms with Gasteiger partial charge in [-0.05, 0) is 36.5 Å². The zero-order valence-corrected chi connectivity index (χ0v) is 13.5. The van der Waals surface area contributed by atoms with E-state index in [9.17, 15) is 4.79 Å². The van der Waals surface area contributed by atoms with Crippen LogP contribution in [-0.2, 0) is 6.54 Å². The molecule has 0 unspecified atom stereocenters. The first-order chi connectivity index (χ1) is 9.79. The van der Waals surface area contributed by atoms with Crippen molar-refractivity contribution in [2.45, 2.75) is 51.5 Å². The van der Waals surface area contributed by atoms with Crippen molar-refractivity contribution in [3.05, 3.63) is 35.4 Å². The maximum Gasteiger partial charge on any atom is 0.251 e. The van der Waals surface area contributed by atoms with E-state index in [1.165, 1.54) is 44.9 Å². The number of halogens is 1. The van der Waals surface area contributed by atoms with Crippen LogP contribution in [0.5, 0.6) is 0 Å². The first-order valence-electron chi connectivity index (χ1n) is 7.87. The van der Waals surface area contributed by atoms with Crippen molar-refractivity contribution in [3.8, 4) is 0 Å². The highest BCUT2D eigenvalue weighted by atomic mass is 35.5. The Morgan fingerprint density at radius 2 is 1.62 bits per heavy atom. The lowest BCUT2D eigenvalue weighted by Gasteiger charge is -2.20. The van der Waals surface area contributed by atoms with Gasteiger partial charge in [0.1, 0.15) is 0 Å². The molecule has 1 amide bonds. The van der Waals surface area contributed by atoms with E-state index >= 15 is 0 Å². The number of amides is 1. The number of nitrogens with two attached hydrogens (primary N) is 1. The molecular formula is C17H27ClN2O. The summed E-state index contributed by atoms with van der Waals surface area (Å²) in [5.74, 6) is 0.693. The predicted molar refractivity (Wildman–Crippen MR) is 89.7 cm³/mol. The maximum atomic E-state index is 12.1. The Balaban J connectivity index is 0.00000220. The fourth-order valence-corrected chi connectivity index (χ4v) is 2.88. The highest BCUT2D eigenvalue weighted by molar-refractivity contribution is 5.94. The number of carbonyl (C=O) groups excluding carboxylic acids is 1. The summed E-state index contributed by atoms with van der Waals surface area (Å²) < 4.78 is 0. The lowest BCUT2D eigenvalue weighted by atomic mass is 9.91. The largest absolute Gasteiger partial charge is 0.352 e. The van der Waals surface area contributed by atoms with Crippen LogP contribution in [-0.4, -0.2) is 12.5 Å². The maximum absolute atomic E-state index is 12.1. The summed E-state index contributed by atoms with van der Waals surface area (Å²) >= 11 is 0. The number of rotatable bonds is 4. The molecule has 118 valence electrons. The summed E-state index contributed by atoms with van der Waals surface area (Å²) in [6.45, 7) is 1.33. The van der Waals surface area contributed by atoms with E-state index in [-0.39, 0.29) is 18.3 Å². The van der Waals surface area contributed by atoms with Crippen molar-refractivity contribution in [1.82, 2.24) is 5.32 Å². The van der Waals surface area contributed by atoms with E-state index in [4.69, 9.17) is 5.73 Å². The molecule has 1 aliphatic rings. The molecule has 1 aromatic rings. The summed E-state index contributed by atoms with van der Waals surface area (Å²) in [5, 5.41) is 3.08. The molecule has 1 aromatic carbocycles. The monoisotopic (exact) mass is 310 g/mol. The Labute approximate surface area is 134 Å². The van der Waals surface area contributed by atoms with Gasteiger partial charge in [-0.2, -0.15) is 0 Å². The van der Waals surface area contributed by atoms with Crippen LogP contribution in [0.1, 0.15) is 60.9 Å². The molecule has 2 rings (SSSR count). The van der Waals surface area contributed by atoms with E-state index in [2.05, 4.69) is 5.32 Å². The lowest BCUT2D eigenvalue weighted by Crippen LogP contribution is -2.29. The molecule has 3 nitrogen and oxygen atoms in total. The molecule has 0 saturated heterocycles. The predicted octanol–water partition coefficient (Wildman–Crippen LogP) is 3.66. The van der Waals surface area contributed by atoms with E-state index in [0.29, 0.717) is 12.5 Å². The highest BCUT2D eigenvalue weighted by Gasteiger charge is 2.13. The number of hydrogen-bond donors (Lipinski definition) is 2. The van der Waals surface area contributed by atoms with Gasteiger partial charge in [-0.15, -0.1) is 12.4 Å². The summed E-state index contributed by atoms with van der Waals surface area (Å²) in [6.07, 6.45) is 9.22. The first-order valence-corrected chi connectivity index (χ1v) is 7.87. The van der Waals surface area contributed by atoms with Crippen molar-refractivity contribution in [2.75, 3.05) is 6.54 Å². The summed E-state index contributed by atoms with van der Waals surface area (Å²) in [7, 11) is 0. The Morgan fingerprint density at radius 1 is 1.05 bits per heavy atom. The van der Waals surface area contributed by atoms with E-state index < -0.39 is 0 Å². The van der Waals surface area contributed by atoms with E-state index in [1.54, 1.807) is 0 Å². The van der Waals surface area contributed by atoms with Crippen LogP contribution in [0.2, 0.25) is 0 Å². The topological polar surface area (TPSA) is 55.1 Å². The fourth-order valence-electron chi connectivity index (χ4n) is 2.88. The van der Waals surface area contributed by atoms with Crippen molar-refractivity contribution < 1.29 is 4.79 Å². The van der Waals surface area contributed by atoms with Crippen LogP contribution in [0.4, 0.5) is 0 Å². The summed E-state index contributed by atoms with van der Waals surface area (Å²) in [5.41, 5.74) is 7.35. The second kappa shape index (κ2) is 9.80. The van der Waals surface area contributed by atoms with Crippen LogP contribution in [0.15, 0.2) is 24.3 Å². The third-order valence-electron chi connectivity index (χ3n) is 4.23. The second-order valence-corrected chi connectivity index (χ2v) is 5.82. The number of hydrogen-bond acceptors (Lipinski definition) is 2. The van der Waals surface area contributed by atoms with Gasteiger partial charge >= 0.3 is 0 Å². The Bertz CT molecular complexity index is 411. The van der Waals surface area contributed by atoms with Crippen molar-refractivity contribution in [1.29, 1.82) is 0 Å². The molecular weight excluding hydrogens is 284 g/mol. The minimum absolute atomic E-state index is 0. The molecule has 3 N–H and O–H groups in total. The zero-order valence-electron chi connectivity index (χ0n) is 12.6. The minimum Gasteiger partial charge on any atom is -0.352 e. The van der Waals surface area contributed by atoms with E-state index in [1.807, 2.05) is 24.3 Å². The van der Waals surface area contributed by atoms with Gasteiger partial charge in [0.25, 0.3) is 5.91 Å². The van der Waals surface area contributed by atoms with Gasteiger partial charge in [0.2, 0.25) is 0 Å². The van der Waals surface area contributed by atoms with Crippen LogP contribution >= 0.6 is 12.4 Å². The molecule has 0 bridgehead atoms. The third kappa shape index (κ3) is 6.06. The molecule has 0 atom stereocenters. The lowest BCUT2D eigenvalue weighted by molar-refractivity contribution is 0.0944. The van der Waals surface area contributed by atoms with Crippen LogP contribution in [0.25, 0.3) is 0 Å². The average molecular weight is 311 g/mol. The second-order valence-electron chi connectivity index (χ2n) is 5.82. The normalized spacial score (nSPS) is 16.4. The minimum atomic E-state index is 0. The Morgan fingerprint density at radius 3 is 2.19 bits per heavy atom. The van der Waals surface area contributed by atoms with E-state index in [0.717, 1.165) is 17.7 Å². The number of benzene rings is 1. The van der Waals surface area contributed by atoms with Gasteiger partial charge in [-0.25, -0.2) is 0 Å². The molecule has 0 aromatic heterocycles. The summed E-state index contributed by atoms with van der Waals surface area (Å²) in [6, 6.07) is 7.56. The van der Waals surface area contributed by atoms with Crippen molar-refractivity contribution >= 4 is 18.3 Å². The summed E-state index contributed by atoms with van der Waals surface area (Å²) in [4.78, 5) is 12.1. The SMILES string of the molecule is Cl.NCc1ccc(C(=O)NCC2CCCCCCC2)cc1. The van der Waals surface area contributed by atoms with Gasteiger partial charge < -0.3 is 11.1 Å². The van der Waals surface area contributed by atoms with Gasteiger partial charge in [0, 0.05) is 18.7 Å². The van der Waals surface area contributed by atoms with Crippen LogP contribution < -0.4 is 11.1 Å². The van der Waals surface area contributed by atoms with Crippen molar-refractivity contribution in [3.63, 3.8) is 0 Å². The Kier molecular flexibility index (Phi) is 8.40. The number of carbonyl (C=O) groups is 1. The Hall–Kier alpha value is -1.06. The fraction of sp³-hybridized carbons (Fsp3) is 0.588.